The quantitative estimate of drug-likeness (QED) is 0.325. The number of Topliss-reactive ketones (excluding diaryl/α,β-unsaturated/α-hetero) is 1. The largest absolute Gasteiger partial charge is 0.393 e. The third-order valence-electron chi connectivity index (χ3n) is 9.86. The van der Waals surface area contributed by atoms with E-state index >= 15 is 0 Å². The Hall–Kier alpha value is -0.970. The first-order valence-corrected chi connectivity index (χ1v) is 14.5. The number of fused-ring (bicyclic) bond motifs is 1. The molecule has 4 nitrogen and oxygen atoms in total. The minimum absolute atomic E-state index is 0.0253. The van der Waals surface area contributed by atoms with E-state index in [9.17, 15) is 9.90 Å². The number of rotatable bonds is 9. The molecule has 3 aliphatic rings. The van der Waals surface area contributed by atoms with E-state index in [1.807, 2.05) is 13.8 Å². The highest BCUT2D eigenvalue weighted by atomic mass is 16.8. The molecule has 206 valence electrons. The first-order chi connectivity index (χ1) is 16.6. The van der Waals surface area contributed by atoms with Gasteiger partial charge in [-0.2, -0.15) is 0 Å². The van der Waals surface area contributed by atoms with Gasteiger partial charge in [0.1, 0.15) is 5.78 Å². The van der Waals surface area contributed by atoms with Gasteiger partial charge in [-0.05, 0) is 116 Å². The van der Waals surface area contributed by atoms with Gasteiger partial charge in [0, 0.05) is 12.3 Å². The van der Waals surface area contributed by atoms with Crippen molar-refractivity contribution in [3.63, 3.8) is 0 Å². The van der Waals surface area contributed by atoms with Gasteiger partial charge in [0.25, 0.3) is 0 Å². The number of hydrogen-bond donors (Lipinski definition) is 1. The summed E-state index contributed by atoms with van der Waals surface area (Å²) in [4.78, 5) is 13.0. The lowest BCUT2D eigenvalue weighted by atomic mass is 9.47. The fourth-order valence-electron chi connectivity index (χ4n) is 7.73. The fourth-order valence-corrected chi connectivity index (χ4v) is 7.73. The third kappa shape index (κ3) is 6.53. The Bertz CT molecular complexity index is 848. The second-order valence-electron chi connectivity index (χ2n) is 14.0. The van der Waals surface area contributed by atoms with Crippen molar-refractivity contribution in [1.29, 1.82) is 0 Å². The van der Waals surface area contributed by atoms with Crippen LogP contribution in [0.3, 0.4) is 0 Å². The van der Waals surface area contributed by atoms with Gasteiger partial charge in [-0.25, -0.2) is 0 Å². The van der Waals surface area contributed by atoms with E-state index in [1.54, 1.807) is 0 Å². The Labute approximate surface area is 221 Å². The Morgan fingerprint density at radius 2 is 1.58 bits per heavy atom. The van der Waals surface area contributed by atoms with Crippen molar-refractivity contribution < 1.29 is 19.4 Å². The summed E-state index contributed by atoms with van der Waals surface area (Å²) in [5.74, 6) is 0.509. The molecule has 0 unspecified atom stereocenters. The Morgan fingerprint density at radius 1 is 0.944 bits per heavy atom. The predicted molar refractivity (Wildman–Crippen MR) is 148 cm³/mol. The maximum atomic E-state index is 13.0. The number of aliphatic hydroxyl groups is 1. The van der Waals surface area contributed by atoms with Gasteiger partial charge < -0.3 is 14.6 Å². The van der Waals surface area contributed by atoms with Crippen LogP contribution in [0.2, 0.25) is 0 Å². The fraction of sp³-hybridized carbons (Fsp3) is 0.844. The van der Waals surface area contributed by atoms with E-state index in [2.05, 4.69) is 60.6 Å². The molecule has 5 atom stereocenters. The third-order valence-corrected chi connectivity index (χ3v) is 9.86. The topological polar surface area (TPSA) is 55.8 Å². The second kappa shape index (κ2) is 11.0. The summed E-state index contributed by atoms with van der Waals surface area (Å²) in [5.41, 5.74) is 2.51. The van der Waals surface area contributed by atoms with Gasteiger partial charge in [0.2, 0.25) is 0 Å². The van der Waals surface area contributed by atoms with E-state index in [0.29, 0.717) is 18.1 Å². The predicted octanol–water partition coefficient (Wildman–Crippen LogP) is 7.93. The van der Waals surface area contributed by atoms with Gasteiger partial charge in [0.05, 0.1) is 17.8 Å². The average molecular weight is 503 g/mol. The number of hydrogen-bond acceptors (Lipinski definition) is 4. The van der Waals surface area contributed by atoms with Crippen LogP contribution in [0.4, 0.5) is 0 Å². The van der Waals surface area contributed by atoms with Crippen LogP contribution in [0.15, 0.2) is 23.3 Å². The van der Waals surface area contributed by atoms with Gasteiger partial charge in [0.15, 0.2) is 5.79 Å². The van der Waals surface area contributed by atoms with E-state index < -0.39 is 5.79 Å². The van der Waals surface area contributed by atoms with Crippen molar-refractivity contribution >= 4 is 5.78 Å². The summed E-state index contributed by atoms with van der Waals surface area (Å²) in [6, 6.07) is 0. The molecule has 1 heterocycles. The lowest BCUT2D eigenvalue weighted by Gasteiger charge is -2.58. The molecule has 0 radical (unpaired) electrons. The zero-order valence-corrected chi connectivity index (χ0v) is 24.7. The van der Waals surface area contributed by atoms with Crippen molar-refractivity contribution in [3.8, 4) is 0 Å². The molecule has 4 heteroatoms. The summed E-state index contributed by atoms with van der Waals surface area (Å²) in [5, 5.41) is 10.6. The van der Waals surface area contributed by atoms with Crippen LogP contribution in [0.1, 0.15) is 127 Å². The number of allylic oxidation sites excluding steroid dienone is 4. The highest BCUT2D eigenvalue weighted by molar-refractivity contribution is 5.82. The van der Waals surface area contributed by atoms with Crippen LogP contribution in [0.25, 0.3) is 0 Å². The van der Waals surface area contributed by atoms with Crippen LogP contribution < -0.4 is 0 Å². The van der Waals surface area contributed by atoms with Crippen LogP contribution in [0, 0.1) is 22.7 Å². The summed E-state index contributed by atoms with van der Waals surface area (Å²) < 4.78 is 12.2. The summed E-state index contributed by atoms with van der Waals surface area (Å²) in [7, 11) is 0. The lowest BCUT2D eigenvalue weighted by Crippen LogP contribution is -2.56. The summed E-state index contributed by atoms with van der Waals surface area (Å²) >= 11 is 0. The summed E-state index contributed by atoms with van der Waals surface area (Å²) in [6.07, 6.45) is 14.1. The monoisotopic (exact) mass is 502 g/mol. The van der Waals surface area contributed by atoms with Crippen LogP contribution in [-0.2, 0) is 14.3 Å². The molecule has 3 fully saturated rings. The molecule has 3 rings (SSSR count). The van der Waals surface area contributed by atoms with E-state index in [1.165, 1.54) is 11.1 Å². The molecule has 0 aromatic heterocycles. The number of carbonyl (C=O) groups is 1. The van der Waals surface area contributed by atoms with E-state index in [-0.39, 0.29) is 34.6 Å². The van der Waals surface area contributed by atoms with Crippen LogP contribution in [0.5, 0.6) is 0 Å². The SMILES string of the molecule is C/C(=C\CC[C@H]1C(=O)CC[C@H]2C(C)(C)[C@@H](O)CC[C@]12C)CC/C=C(\C)CC[C@H]1OC(C)(C)OC1(C)C. The summed E-state index contributed by atoms with van der Waals surface area (Å²) in [6.45, 7) is 19.4. The maximum Gasteiger partial charge on any atom is 0.164 e. The van der Waals surface area contributed by atoms with Gasteiger partial charge in [-0.1, -0.05) is 44.1 Å². The average Bonchev–Trinajstić information content (AvgIpc) is 2.97. The van der Waals surface area contributed by atoms with Crippen molar-refractivity contribution in [2.75, 3.05) is 0 Å². The standard InChI is InChI=1S/C32H54O4/c1-22(12-10-13-23(2)16-19-28-30(5,6)36-31(7,8)35-28)14-11-15-24-25(33)17-18-26-29(3,4)27(34)20-21-32(24,26)9/h13-14,24,26-28,34H,10-12,15-21H2,1-9H3/b22-14+,23-13+/t24-,26-,27-,28+,32+/m0/s1. The smallest absolute Gasteiger partial charge is 0.164 e. The maximum absolute atomic E-state index is 13.0. The normalized spacial score (nSPS) is 36.1. The van der Waals surface area contributed by atoms with Gasteiger partial charge in [-0.3, -0.25) is 4.79 Å². The van der Waals surface area contributed by atoms with Crippen molar-refractivity contribution in [2.45, 2.75) is 150 Å². The van der Waals surface area contributed by atoms with Gasteiger partial charge >= 0.3 is 0 Å². The molecule has 0 aromatic rings. The Kier molecular flexibility index (Phi) is 9.06. The highest BCUT2D eigenvalue weighted by Gasteiger charge is 2.57. The highest BCUT2D eigenvalue weighted by Crippen LogP contribution is 2.59. The minimum atomic E-state index is -0.497. The van der Waals surface area contributed by atoms with Gasteiger partial charge in [-0.15, -0.1) is 0 Å². The number of aliphatic hydroxyl groups excluding tert-OH is 1. The molecular weight excluding hydrogens is 448 g/mol. The molecule has 2 aliphatic carbocycles. The molecule has 1 N–H and O–H groups in total. The molecule has 36 heavy (non-hydrogen) atoms. The molecule has 0 aromatic carbocycles. The zero-order chi connectivity index (χ0) is 26.9. The number of ether oxygens (including phenoxy) is 2. The Morgan fingerprint density at radius 3 is 2.22 bits per heavy atom. The van der Waals surface area contributed by atoms with Crippen molar-refractivity contribution in [1.82, 2.24) is 0 Å². The molecule has 1 aliphatic heterocycles. The molecule has 0 amide bonds. The van der Waals surface area contributed by atoms with Crippen molar-refractivity contribution in [2.24, 2.45) is 22.7 Å². The molecule has 0 bridgehead atoms. The zero-order valence-electron chi connectivity index (χ0n) is 24.7. The van der Waals surface area contributed by atoms with Crippen molar-refractivity contribution in [3.05, 3.63) is 23.3 Å². The Balaban J connectivity index is 1.47. The molecular formula is C32H54O4. The molecule has 1 saturated heterocycles. The first kappa shape index (κ1) is 29.6. The van der Waals surface area contributed by atoms with E-state index in [4.69, 9.17) is 9.47 Å². The molecule has 2 saturated carbocycles. The van der Waals surface area contributed by atoms with E-state index in [0.717, 1.165) is 57.8 Å². The number of carbonyl (C=O) groups excluding carboxylic acids is 1. The second-order valence-corrected chi connectivity index (χ2v) is 14.0. The molecule has 0 spiro atoms. The van der Waals surface area contributed by atoms with Crippen LogP contribution in [-0.4, -0.2) is 34.5 Å². The van der Waals surface area contributed by atoms with Crippen LogP contribution >= 0.6 is 0 Å². The number of ketones is 1. The lowest BCUT2D eigenvalue weighted by molar-refractivity contribution is -0.158. The first-order valence-electron chi connectivity index (χ1n) is 14.5. The minimum Gasteiger partial charge on any atom is -0.393 e.